The van der Waals surface area contributed by atoms with Crippen LogP contribution in [0.5, 0.6) is 0 Å². The van der Waals surface area contributed by atoms with Gasteiger partial charge in [-0.25, -0.2) is 0 Å². The first kappa shape index (κ1) is 13.3. The van der Waals surface area contributed by atoms with Gasteiger partial charge in [0.05, 0.1) is 0 Å². The van der Waals surface area contributed by atoms with Gasteiger partial charge in [-0.3, -0.25) is 9.59 Å². The van der Waals surface area contributed by atoms with E-state index >= 15 is 0 Å². The van der Waals surface area contributed by atoms with Crippen molar-refractivity contribution in [3.05, 3.63) is 42.0 Å². The van der Waals surface area contributed by atoms with Gasteiger partial charge in [0, 0.05) is 24.2 Å². The summed E-state index contributed by atoms with van der Waals surface area (Å²) in [6, 6.07) is 6.91. The molecule has 0 fully saturated rings. The number of anilines is 1. The molecule has 2 rings (SSSR count). The van der Waals surface area contributed by atoms with Crippen molar-refractivity contribution in [2.75, 3.05) is 12.4 Å². The Morgan fingerprint density at radius 3 is 2.47 bits per heavy atom. The van der Waals surface area contributed by atoms with Crippen molar-refractivity contribution in [1.82, 2.24) is 5.32 Å². The van der Waals surface area contributed by atoms with Gasteiger partial charge in [0.25, 0.3) is 5.91 Å². The van der Waals surface area contributed by atoms with Gasteiger partial charge < -0.3 is 10.6 Å². The minimum atomic E-state index is -0.129. The van der Waals surface area contributed by atoms with Crippen molar-refractivity contribution in [2.45, 2.75) is 19.3 Å². The molecule has 1 aliphatic carbocycles. The fourth-order valence-corrected chi connectivity index (χ4v) is 2.13. The summed E-state index contributed by atoms with van der Waals surface area (Å²) in [5.41, 5.74) is 1.31. The highest BCUT2D eigenvalue weighted by Crippen LogP contribution is 2.20. The number of benzene rings is 1. The zero-order valence-electron chi connectivity index (χ0n) is 11.0. The second-order valence-corrected chi connectivity index (χ2v) is 4.63. The third kappa shape index (κ3) is 3.44. The van der Waals surface area contributed by atoms with Crippen molar-refractivity contribution < 1.29 is 9.59 Å². The van der Waals surface area contributed by atoms with Crippen LogP contribution in [0.25, 0.3) is 0 Å². The molecule has 0 spiro atoms. The topological polar surface area (TPSA) is 58.2 Å². The molecule has 4 heteroatoms. The molecular formula is C15H18N2O2. The van der Waals surface area contributed by atoms with E-state index in [0.29, 0.717) is 5.56 Å². The molecule has 0 aliphatic heterocycles. The van der Waals surface area contributed by atoms with Crippen LogP contribution >= 0.6 is 0 Å². The number of rotatable bonds is 3. The highest BCUT2D eigenvalue weighted by Gasteiger charge is 2.18. The molecule has 4 nitrogen and oxygen atoms in total. The third-order valence-electron chi connectivity index (χ3n) is 3.28. The highest BCUT2D eigenvalue weighted by atomic mass is 16.2. The van der Waals surface area contributed by atoms with E-state index in [1.54, 1.807) is 31.3 Å². The van der Waals surface area contributed by atoms with E-state index in [4.69, 9.17) is 0 Å². The first-order valence-electron chi connectivity index (χ1n) is 6.48. The maximum atomic E-state index is 12.0. The molecule has 100 valence electrons. The number of carbonyl (C=O) groups is 2. The fraction of sp³-hybridized carbons (Fsp3) is 0.333. The van der Waals surface area contributed by atoms with Crippen LogP contribution in [0.4, 0.5) is 5.69 Å². The van der Waals surface area contributed by atoms with Gasteiger partial charge in [-0.2, -0.15) is 0 Å². The van der Waals surface area contributed by atoms with E-state index in [9.17, 15) is 9.59 Å². The van der Waals surface area contributed by atoms with E-state index < -0.39 is 0 Å². The van der Waals surface area contributed by atoms with Gasteiger partial charge >= 0.3 is 0 Å². The lowest BCUT2D eigenvalue weighted by Crippen LogP contribution is -2.23. The fourth-order valence-electron chi connectivity index (χ4n) is 2.13. The van der Waals surface area contributed by atoms with Crippen LogP contribution in [0, 0.1) is 5.92 Å². The van der Waals surface area contributed by atoms with Crippen LogP contribution in [-0.4, -0.2) is 18.9 Å². The van der Waals surface area contributed by atoms with Crippen molar-refractivity contribution in [2.24, 2.45) is 5.92 Å². The molecule has 2 amide bonds. The molecule has 0 saturated carbocycles. The average molecular weight is 258 g/mol. The van der Waals surface area contributed by atoms with Crippen LogP contribution in [0.15, 0.2) is 36.4 Å². The monoisotopic (exact) mass is 258 g/mol. The summed E-state index contributed by atoms with van der Waals surface area (Å²) < 4.78 is 0. The number of nitrogens with one attached hydrogen (secondary N) is 2. The normalized spacial score (nSPS) is 17.8. The molecule has 0 heterocycles. The molecular weight excluding hydrogens is 240 g/mol. The van der Waals surface area contributed by atoms with Crippen molar-refractivity contribution in [3.8, 4) is 0 Å². The lowest BCUT2D eigenvalue weighted by Gasteiger charge is -2.17. The number of carbonyl (C=O) groups excluding carboxylic acids is 2. The maximum absolute atomic E-state index is 12.0. The highest BCUT2D eigenvalue weighted by molar-refractivity contribution is 5.96. The molecule has 2 N–H and O–H groups in total. The van der Waals surface area contributed by atoms with E-state index in [0.717, 1.165) is 24.9 Å². The lowest BCUT2D eigenvalue weighted by atomic mass is 9.93. The summed E-state index contributed by atoms with van der Waals surface area (Å²) in [5, 5.41) is 5.45. The predicted molar refractivity (Wildman–Crippen MR) is 74.9 cm³/mol. The Balaban J connectivity index is 1.97. The summed E-state index contributed by atoms with van der Waals surface area (Å²) in [6.07, 6.45) is 6.85. The van der Waals surface area contributed by atoms with E-state index in [1.807, 2.05) is 0 Å². The second kappa shape index (κ2) is 6.18. The van der Waals surface area contributed by atoms with Gasteiger partial charge in [-0.15, -0.1) is 0 Å². The van der Waals surface area contributed by atoms with Gasteiger partial charge in [-0.1, -0.05) is 12.2 Å². The van der Waals surface area contributed by atoms with Crippen LogP contribution in [0.2, 0.25) is 0 Å². The number of allylic oxidation sites excluding steroid dienone is 2. The minimum Gasteiger partial charge on any atom is -0.355 e. The molecule has 0 bridgehead atoms. The summed E-state index contributed by atoms with van der Waals surface area (Å²) in [6.45, 7) is 0. The zero-order chi connectivity index (χ0) is 13.7. The zero-order valence-corrected chi connectivity index (χ0v) is 11.0. The Morgan fingerprint density at radius 1 is 1.16 bits per heavy atom. The van der Waals surface area contributed by atoms with Crippen LogP contribution in [0.1, 0.15) is 29.6 Å². The molecule has 0 aromatic heterocycles. The van der Waals surface area contributed by atoms with Gasteiger partial charge in [-0.05, 0) is 43.5 Å². The first-order chi connectivity index (χ1) is 9.20. The van der Waals surface area contributed by atoms with Gasteiger partial charge in [0.2, 0.25) is 5.91 Å². The quantitative estimate of drug-likeness (QED) is 0.818. The molecule has 1 unspecified atom stereocenters. The SMILES string of the molecule is CNC(=O)c1ccc(NC(=O)C2CC=CCC2)cc1. The van der Waals surface area contributed by atoms with Crippen LogP contribution in [0.3, 0.4) is 0 Å². The summed E-state index contributed by atoms with van der Waals surface area (Å²) >= 11 is 0. The van der Waals surface area contributed by atoms with Gasteiger partial charge in [0.1, 0.15) is 0 Å². The molecule has 1 aromatic rings. The smallest absolute Gasteiger partial charge is 0.251 e. The minimum absolute atomic E-state index is 0.0528. The summed E-state index contributed by atoms with van der Waals surface area (Å²) in [4.78, 5) is 23.4. The Labute approximate surface area is 112 Å². The van der Waals surface area contributed by atoms with Crippen LogP contribution in [-0.2, 0) is 4.79 Å². The molecule has 1 aromatic carbocycles. The standard InChI is InChI=1S/C15H18N2O2/c1-16-14(18)12-7-9-13(10-8-12)17-15(19)11-5-3-2-4-6-11/h2-3,7-11H,4-6H2,1H3,(H,16,18)(H,17,19). The predicted octanol–water partition coefficient (Wildman–Crippen LogP) is 2.34. The van der Waals surface area contributed by atoms with Crippen molar-refractivity contribution in [3.63, 3.8) is 0 Å². The molecule has 1 atom stereocenters. The maximum Gasteiger partial charge on any atom is 0.251 e. The average Bonchev–Trinajstić information content (AvgIpc) is 2.48. The number of hydrogen-bond donors (Lipinski definition) is 2. The summed E-state index contributed by atoms with van der Waals surface area (Å²) in [7, 11) is 1.59. The Morgan fingerprint density at radius 2 is 1.89 bits per heavy atom. The molecule has 1 aliphatic rings. The van der Waals surface area contributed by atoms with Crippen molar-refractivity contribution in [1.29, 1.82) is 0 Å². The molecule has 19 heavy (non-hydrogen) atoms. The Hall–Kier alpha value is -2.10. The Kier molecular flexibility index (Phi) is 4.34. The second-order valence-electron chi connectivity index (χ2n) is 4.63. The number of hydrogen-bond acceptors (Lipinski definition) is 2. The molecule has 0 saturated heterocycles. The lowest BCUT2D eigenvalue weighted by molar-refractivity contribution is -0.120. The Bertz CT molecular complexity index is 491. The largest absolute Gasteiger partial charge is 0.355 e. The van der Waals surface area contributed by atoms with Gasteiger partial charge in [0.15, 0.2) is 0 Å². The number of amides is 2. The third-order valence-corrected chi connectivity index (χ3v) is 3.28. The van der Waals surface area contributed by atoms with Crippen LogP contribution < -0.4 is 10.6 Å². The first-order valence-corrected chi connectivity index (χ1v) is 6.48. The molecule has 0 radical (unpaired) electrons. The summed E-state index contributed by atoms with van der Waals surface area (Å²) in [5.74, 6) is -0.0176. The van der Waals surface area contributed by atoms with E-state index in [-0.39, 0.29) is 17.7 Å². The van der Waals surface area contributed by atoms with Crippen molar-refractivity contribution >= 4 is 17.5 Å². The van der Waals surface area contributed by atoms with E-state index in [2.05, 4.69) is 22.8 Å². The van der Waals surface area contributed by atoms with E-state index in [1.165, 1.54) is 0 Å².